The molecule has 1 amide bonds. The average Bonchev–Trinajstić information content (AvgIpc) is 2.26. The van der Waals surface area contributed by atoms with Crippen molar-refractivity contribution >= 4 is 11.9 Å². The molecule has 1 atom stereocenters. The Kier molecular flexibility index (Phi) is 3.72. The number of carbonyl (C=O) groups is 2. The molecule has 86 valence electrons. The standard InChI is InChI=1S/C8H9N3O5/c12-3-5(8(15)16)11-7(14)4-1-10-6(13)2-9-4/h1-2,5,12H,3H2,(H,10,13)(H,11,14)(H,15,16). The van der Waals surface area contributed by atoms with Gasteiger partial charge in [-0.1, -0.05) is 0 Å². The first kappa shape index (κ1) is 11.9. The molecule has 16 heavy (non-hydrogen) atoms. The van der Waals surface area contributed by atoms with E-state index in [-0.39, 0.29) is 5.69 Å². The molecule has 1 aromatic rings. The molecule has 1 aromatic heterocycles. The van der Waals surface area contributed by atoms with Gasteiger partial charge in [-0.15, -0.1) is 0 Å². The largest absolute Gasteiger partial charge is 0.480 e. The van der Waals surface area contributed by atoms with Crippen molar-refractivity contribution in [3.63, 3.8) is 0 Å². The summed E-state index contributed by atoms with van der Waals surface area (Å²) in [4.78, 5) is 38.2. The van der Waals surface area contributed by atoms with E-state index in [0.29, 0.717) is 0 Å². The number of nitrogens with one attached hydrogen (secondary N) is 2. The normalized spacial score (nSPS) is 11.8. The Labute approximate surface area is 89.0 Å². The SMILES string of the molecule is O=C(NC(CO)C(=O)O)c1c[nH]c(=O)cn1. The Morgan fingerprint density at radius 1 is 1.56 bits per heavy atom. The van der Waals surface area contributed by atoms with Gasteiger partial charge in [0, 0.05) is 6.20 Å². The van der Waals surface area contributed by atoms with Crippen LogP contribution in [-0.2, 0) is 4.79 Å². The smallest absolute Gasteiger partial charge is 0.328 e. The number of hydrogen-bond donors (Lipinski definition) is 4. The molecular weight excluding hydrogens is 218 g/mol. The number of nitrogens with zero attached hydrogens (tertiary/aromatic N) is 1. The third-order valence-corrected chi connectivity index (χ3v) is 1.69. The Hall–Kier alpha value is -2.22. The molecule has 8 nitrogen and oxygen atoms in total. The van der Waals surface area contributed by atoms with E-state index in [9.17, 15) is 14.4 Å². The number of amides is 1. The number of carboxylic acids is 1. The summed E-state index contributed by atoms with van der Waals surface area (Å²) in [5, 5.41) is 19.3. The molecule has 0 spiro atoms. The van der Waals surface area contributed by atoms with Gasteiger partial charge in [-0.05, 0) is 0 Å². The molecule has 1 heterocycles. The number of hydrogen-bond acceptors (Lipinski definition) is 5. The van der Waals surface area contributed by atoms with E-state index in [4.69, 9.17) is 10.2 Å². The zero-order chi connectivity index (χ0) is 12.1. The molecule has 0 saturated heterocycles. The summed E-state index contributed by atoms with van der Waals surface area (Å²) >= 11 is 0. The predicted octanol–water partition coefficient (Wildman–Crippen LogP) is -2.05. The van der Waals surface area contributed by atoms with Crippen LogP contribution in [0.4, 0.5) is 0 Å². The molecule has 0 aromatic carbocycles. The number of aliphatic carboxylic acids is 1. The lowest BCUT2D eigenvalue weighted by Crippen LogP contribution is -2.43. The minimum absolute atomic E-state index is 0.140. The fraction of sp³-hybridized carbons (Fsp3) is 0.250. The van der Waals surface area contributed by atoms with Crippen molar-refractivity contribution in [3.05, 3.63) is 28.4 Å². The first-order valence-corrected chi connectivity index (χ1v) is 4.24. The Bertz CT molecular complexity index is 435. The van der Waals surface area contributed by atoms with Crippen molar-refractivity contribution in [2.24, 2.45) is 0 Å². The zero-order valence-electron chi connectivity index (χ0n) is 8.01. The maximum absolute atomic E-state index is 11.4. The highest BCUT2D eigenvalue weighted by Gasteiger charge is 2.20. The number of carboxylic acid groups (broad SMARTS) is 1. The number of aromatic amines is 1. The zero-order valence-corrected chi connectivity index (χ0v) is 8.01. The van der Waals surface area contributed by atoms with E-state index in [1.807, 2.05) is 5.32 Å². The summed E-state index contributed by atoms with van der Waals surface area (Å²) in [6.45, 7) is -0.732. The van der Waals surface area contributed by atoms with Crippen molar-refractivity contribution in [3.8, 4) is 0 Å². The van der Waals surface area contributed by atoms with Crippen LogP contribution in [0.25, 0.3) is 0 Å². The van der Waals surface area contributed by atoms with E-state index < -0.39 is 30.1 Å². The van der Waals surface area contributed by atoms with Crippen molar-refractivity contribution in [2.45, 2.75) is 6.04 Å². The van der Waals surface area contributed by atoms with Gasteiger partial charge in [-0.25, -0.2) is 9.78 Å². The average molecular weight is 227 g/mol. The van der Waals surface area contributed by atoms with Gasteiger partial charge in [0.1, 0.15) is 5.69 Å². The lowest BCUT2D eigenvalue weighted by molar-refractivity contribution is -0.140. The second-order valence-electron chi connectivity index (χ2n) is 2.84. The fourth-order valence-electron chi connectivity index (χ4n) is 0.884. The topological polar surface area (TPSA) is 132 Å². The number of aliphatic hydroxyl groups excluding tert-OH is 1. The number of rotatable bonds is 4. The van der Waals surface area contributed by atoms with Gasteiger partial charge in [-0.2, -0.15) is 0 Å². The summed E-state index contributed by atoms with van der Waals surface area (Å²) in [6, 6.07) is -1.40. The molecule has 0 aliphatic heterocycles. The van der Waals surface area contributed by atoms with E-state index in [1.165, 1.54) is 0 Å². The maximum Gasteiger partial charge on any atom is 0.328 e. The van der Waals surface area contributed by atoms with Crippen LogP contribution < -0.4 is 10.9 Å². The number of H-pyrrole nitrogens is 1. The molecule has 1 unspecified atom stereocenters. The molecule has 0 radical (unpaired) electrons. The van der Waals surface area contributed by atoms with E-state index in [0.717, 1.165) is 12.4 Å². The van der Waals surface area contributed by atoms with Crippen LogP contribution in [0.5, 0.6) is 0 Å². The molecule has 8 heteroatoms. The predicted molar refractivity (Wildman–Crippen MR) is 50.8 cm³/mol. The van der Waals surface area contributed by atoms with Crippen LogP contribution in [0.2, 0.25) is 0 Å². The number of aromatic nitrogens is 2. The van der Waals surface area contributed by atoms with Crippen molar-refractivity contribution in [2.75, 3.05) is 6.61 Å². The third-order valence-electron chi connectivity index (χ3n) is 1.69. The van der Waals surface area contributed by atoms with Crippen LogP contribution in [0.15, 0.2) is 17.2 Å². The Morgan fingerprint density at radius 2 is 2.25 bits per heavy atom. The van der Waals surface area contributed by atoms with Crippen molar-refractivity contribution in [1.82, 2.24) is 15.3 Å². The highest BCUT2D eigenvalue weighted by atomic mass is 16.4. The lowest BCUT2D eigenvalue weighted by Gasteiger charge is -2.10. The van der Waals surface area contributed by atoms with Crippen molar-refractivity contribution in [1.29, 1.82) is 0 Å². The second kappa shape index (κ2) is 5.03. The molecular formula is C8H9N3O5. The third kappa shape index (κ3) is 2.89. The monoisotopic (exact) mass is 227 g/mol. The van der Waals surface area contributed by atoms with Gasteiger partial charge in [-0.3, -0.25) is 9.59 Å². The molecule has 0 aliphatic rings. The quantitative estimate of drug-likeness (QED) is 0.467. The molecule has 1 rings (SSSR count). The fourth-order valence-corrected chi connectivity index (χ4v) is 0.884. The maximum atomic E-state index is 11.4. The van der Waals surface area contributed by atoms with E-state index >= 15 is 0 Å². The highest BCUT2D eigenvalue weighted by Crippen LogP contribution is 1.90. The van der Waals surface area contributed by atoms with E-state index in [1.54, 1.807) is 0 Å². The van der Waals surface area contributed by atoms with E-state index in [2.05, 4.69) is 9.97 Å². The summed E-state index contributed by atoms with van der Waals surface area (Å²) in [5.74, 6) is -2.15. The molecule has 0 bridgehead atoms. The van der Waals surface area contributed by atoms with Crippen LogP contribution in [-0.4, -0.2) is 44.7 Å². The molecule has 0 saturated carbocycles. The number of aliphatic hydroxyl groups is 1. The highest BCUT2D eigenvalue weighted by molar-refractivity contribution is 5.94. The van der Waals surface area contributed by atoms with Gasteiger partial charge in [0.2, 0.25) is 0 Å². The Balaban J connectivity index is 2.75. The Morgan fingerprint density at radius 3 is 2.69 bits per heavy atom. The van der Waals surface area contributed by atoms with Gasteiger partial charge in [0.15, 0.2) is 6.04 Å². The summed E-state index contributed by atoms with van der Waals surface area (Å²) in [7, 11) is 0. The molecule has 0 aliphatic carbocycles. The van der Waals surface area contributed by atoms with Crippen LogP contribution >= 0.6 is 0 Å². The minimum Gasteiger partial charge on any atom is -0.480 e. The van der Waals surface area contributed by atoms with Crippen LogP contribution in [0, 0.1) is 0 Å². The van der Waals surface area contributed by atoms with Crippen molar-refractivity contribution < 1.29 is 19.8 Å². The molecule has 0 fully saturated rings. The first-order valence-electron chi connectivity index (χ1n) is 4.24. The van der Waals surface area contributed by atoms with Gasteiger partial charge in [0.25, 0.3) is 11.5 Å². The summed E-state index contributed by atoms with van der Waals surface area (Å²) in [6.07, 6.45) is 1.94. The number of carbonyl (C=O) groups excluding carboxylic acids is 1. The minimum atomic E-state index is -1.40. The second-order valence-corrected chi connectivity index (χ2v) is 2.84. The van der Waals surface area contributed by atoms with Gasteiger partial charge < -0.3 is 20.5 Å². The first-order chi connectivity index (χ1) is 7.54. The molecule has 4 N–H and O–H groups in total. The lowest BCUT2D eigenvalue weighted by atomic mass is 10.3. The summed E-state index contributed by atoms with van der Waals surface area (Å²) in [5.41, 5.74) is -0.618. The van der Waals surface area contributed by atoms with Crippen LogP contribution in [0.1, 0.15) is 10.5 Å². The summed E-state index contributed by atoms with van der Waals surface area (Å²) < 4.78 is 0. The van der Waals surface area contributed by atoms with Gasteiger partial charge >= 0.3 is 5.97 Å². The van der Waals surface area contributed by atoms with Crippen LogP contribution in [0.3, 0.4) is 0 Å². The van der Waals surface area contributed by atoms with Gasteiger partial charge in [0.05, 0.1) is 12.8 Å².